The standard InChI is InChI=1S/C12H10F3N3O/c1-7-9(12(13,14)15)11(19-2)18-10(17-7)8-3-5-16-6-4-8/h3-6H,1-2H3. The van der Waals surface area contributed by atoms with Crippen LogP contribution in [0.3, 0.4) is 0 Å². The van der Waals surface area contributed by atoms with Crippen LogP contribution in [0.5, 0.6) is 5.88 Å². The first-order chi connectivity index (χ1) is 8.93. The Morgan fingerprint density at radius 1 is 1.11 bits per heavy atom. The van der Waals surface area contributed by atoms with Gasteiger partial charge in [0.1, 0.15) is 5.56 Å². The Balaban J connectivity index is 2.61. The van der Waals surface area contributed by atoms with E-state index < -0.39 is 17.6 Å². The van der Waals surface area contributed by atoms with E-state index in [4.69, 9.17) is 4.74 Å². The first kappa shape index (κ1) is 13.3. The summed E-state index contributed by atoms with van der Waals surface area (Å²) >= 11 is 0. The number of pyridine rings is 1. The second kappa shape index (κ2) is 4.83. The second-order valence-corrected chi connectivity index (χ2v) is 3.75. The zero-order valence-corrected chi connectivity index (χ0v) is 10.2. The van der Waals surface area contributed by atoms with Crippen LogP contribution in [-0.4, -0.2) is 22.1 Å². The van der Waals surface area contributed by atoms with Gasteiger partial charge in [0, 0.05) is 18.0 Å². The molecular weight excluding hydrogens is 259 g/mol. The van der Waals surface area contributed by atoms with Crippen LogP contribution in [0.4, 0.5) is 13.2 Å². The molecule has 0 saturated heterocycles. The highest BCUT2D eigenvalue weighted by molar-refractivity contribution is 5.55. The second-order valence-electron chi connectivity index (χ2n) is 3.75. The minimum absolute atomic E-state index is 0.171. The van der Waals surface area contributed by atoms with E-state index in [2.05, 4.69) is 15.0 Å². The Bertz CT molecular complexity index is 585. The molecule has 0 N–H and O–H groups in total. The van der Waals surface area contributed by atoms with E-state index in [1.165, 1.54) is 19.3 Å². The van der Waals surface area contributed by atoms with E-state index in [-0.39, 0.29) is 11.5 Å². The van der Waals surface area contributed by atoms with Crippen LogP contribution in [0.15, 0.2) is 24.5 Å². The summed E-state index contributed by atoms with van der Waals surface area (Å²) in [5, 5.41) is 0. The molecule has 0 spiro atoms. The van der Waals surface area contributed by atoms with E-state index >= 15 is 0 Å². The Kier molecular flexibility index (Phi) is 3.37. The lowest BCUT2D eigenvalue weighted by Crippen LogP contribution is -2.13. The highest BCUT2D eigenvalue weighted by Gasteiger charge is 2.38. The summed E-state index contributed by atoms with van der Waals surface area (Å²) in [5.74, 6) is -0.309. The van der Waals surface area contributed by atoms with Crippen LogP contribution < -0.4 is 4.74 Å². The van der Waals surface area contributed by atoms with Gasteiger partial charge >= 0.3 is 6.18 Å². The van der Waals surface area contributed by atoms with Crippen molar-refractivity contribution in [2.45, 2.75) is 13.1 Å². The number of halogens is 3. The summed E-state index contributed by atoms with van der Waals surface area (Å²) in [7, 11) is 1.15. The maximum atomic E-state index is 12.9. The minimum atomic E-state index is -4.55. The number of aromatic nitrogens is 3. The molecule has 0 saturated carbocycles. The van der Waals surface area contributed by atoms with Gasteiger partial charge in [-0.25, -0.2) is 4.98 Å². The van der Waals surface area contributed by atoms with E-state index in [0.717, 1.165) is 7.11 Å². The summed E-state index contributed by atoms with van der Waals surface area (Å²) < 4.78 is 43.3. The van der Waals surface area contributed by atoms with Gasteiger partial charge in [0.25, 0.3) is 0 Å². The monoisotopic (exact) mass is 269 g/mol. The van der Waals surface area contributed by atoms with E-state index in [1.807, 2.05) is 0 Å². The van der Waals surface area contributed by atoms with Crippen molar-refractivity contribution >= 4 is 0 Å². The van der Waals surface area contributed by atoms with Crippen LogP contribution in [0.2, 0.25) is 0 Å². The van der Waals surface area contributed by atoms with Crippen molar-refractivity contribution in [2.24, 2.45) is 0 Å². The molecule has 0 radical (unpaired) electrons. The molecule has 0 aliphatic rings. The highest BCUT2D eigenvalue weighted by Crippen LogP contribution is 2.37. The average molecular weight is 269 g/mol. The summed E-state index contributed by atoms with van der Waals surface area (Å²) in [4.78, 5) is 11.5. The van der Waals surface area contributed by atoms with Gasteiger partial charge in [0.15, 0.2) is 5.82 Å². The van der Waals surface area contributed by atoms with Crippen molar-refractivity contribution in [3.63, 3.8) is 0 Å². The molecule has 0 unspecified atom stereocenters. The predicted octanol–water partition coefficient (Wildman–Crippen LogP) is 2.87. The zero-order chi connectivity index (χ0) is 14.0. The number of methoxy groups -OCH3 is 1. The summed E-state index contributed by atoms with van der Waals surface area (Å²) in [6, 6.07) is 3.23. The van der Waals surface area contributed by atoms with Crippen molar-refractivity contribution in [1.82, 2.24) is 15.0 Å². The number of alkyl halides is 3. The fraction of sp³-hybridized carbons (Fsp3) is 0.250. The number of ether oxygens (including phenoxy) is 1. The normalized spacial score (nSPS) is 11.4. The molecular formula is C12H10F3N3O. The van der Waals surface area contributed by atoms with Crippen LogP contribution in [0.25, 0.3) is 11.4 Å². The Morgan fingerprint density at radius 2 is 1.74 bits per heavy atom. The van der Waals surface area contributed by atoms with Gasteiger partial charge in [-0.3, -0.25) is 4.98 Å². The summed E-state index contributed by atoms with van der Waals surface area (Å²) in [6.45, 7) is 1.28. The largest absolute Gasteiger partial charge is 0.480 e. The van der Waals surface area contributed by atoms with E-state index in [1.54, 1.807) is 12.1 Å². The molecule has 2 heterocycles. The van der Waals surface area contributed by atoms with Gasteiger partial charge in [0.05, 0.1) is 12.8 Å². The molecule has 2 aromatic rings. The maximum Gasteiger partial charge on any atom is 0.423 e. The molecule has 4 nitrogen and oxygen atoms in total. The quantitative estimate of drug-likeness (QED) is 0.841. The average Bonchev–Trinajstić information content (AvgIpc) is 2.37. The number of hydrogen-bond acceptors (Lipinski definition) is 4. The first-order valence-electron chi connectivity index (χ1n) is 5.33. The number of aryl methyl sites for hydroxylation is 1. The highest BCUT2D eigenvalue weighted by atomic mass is 19.4. The van der Waals surface area contributed by atoms with Crippen LogP contribution >= 0.6 is 0 Å². The Morgan fingerprint density at radius 3 is 2.26 bits per heavy atom. The van der Waals surface area contributed by atoms with Crippen molar-refractivity contribution in [3.8, 4) is 17.3 Å². The van der Waals surface area contributed by atoms with Gasteiger partial charge in [-0.05, 0) is 19.1 Å². The Labute approximate surface area is 107 Å². The lowest BCUT2D eigenvalue weighted by atomic mass is 10.2. The predicted molar refractivity (Wildman–Crippen MR) is 61.6 cm³/mol. The first-order valence-corrected chi connectivity index (χ1v) is 5.33. The zero-order valence-electron chi connectivity index (χ0n) is 10.2. The SMILES string of the molecule is COc1nc(-c2ccncc2)nc(C)c1C(F)(F)F. The van der Waals surface area contributed by atoms with Crippen LogP contribution in [0, 0.1) is 6.92 Å². The van der Waals surface area contributed by atoms with Crippen molar-refractivity contribution in [3.05, 3.63) is 35.8 Å². The molecule has 0 aliphatic heterocycles. The maximum absolute atomic E-state index is 12.9. The van der Waals surface area contributed by atoms with Crippen molar-refractivity contribution < 1.29 is 17.9 Å². The van der Waals surface area contributed by atoms with Gasteiger partial charge < -0.3 is 4.74 Å². The molecule has 0 fully saturated rings. The molecule has 19 heavy (non-hydrogen) atoms. The van der Waals surface area contributed by atoms with Crippen LogP contribution in [-0.2, 0) is 6.18 Å². The van der Waals surface area contributed by atoms with Gasteiger partial charge in [-0.15, -0.1) is 0 Å². The van der Waals surface area contributed by atoms with Gasteiger partial charge in [0.2, 0.25) is 5.88 Å². The third kappa shape index (κ3) is 2.64. The minimum Gasteiger partial charge on any atom is -0.480 e. The topological polar surface area (TPSA) is 47.9 Å². The Hall–Kier alpha value is -2.18. The van der Waals surface area contributed by atoms with Gasteiger partial charge in [-0.1, -0.05) is 0 Å². The molecule has 2 rings (SSSR count). The molecule has 7 heteroatoms. The number of nitrogens with zero attached hydrogens (tertiary/aromatic N) is 3. The smallest absolute Gasteiger partial charge is 0.423 e. The number of hydrogen-bond donors (Lipinski definition) is 0. The third-order valence-corrected chi connectivity index (χ3v) is 2.47. The summed E-state index contributed by atoms with van der Waals surface area (Å²) in [5.41, 5.74) is -0.552. The van der Waals surface area contributed by atoms with E-state index in [0.29, 0.717) is 5.56 Å². The summed E-state index contributed by atoms with van der Waals surface area (Å²) in [6.07, 6.45) is -1.53. The molecule has 0 aliphatic carbocycles. The molecule has 0 amide bonds. The van der Waals surface area contributed by atoms with E-state index in [9.17, 15) is 13.2 Å². The van der Waals surface area contributed by atoms with Crippen molar-refractivity contribution in [2.75, 3.05) is 7.11 Å². The molecule has 0 bridgehead atoms. The molecule has 0 atom stereocenters. The molecule has 2 aromatic heterocycles. The third-order valence-electron chi connectivity index (χ3n) is 2.47. The number of rotatable bonds is 2. The fourth-order valence-electron chi connectivity index (χ4n) is 1.65. The lowest BCUT2D eigenvalue weighted by molar-refractivity contribution is -0.139. The van der Waals surface area contributed by atoms with Gasteiger partial charge in [-0.2, -0.15) is 18.2 Å². The van der Waals surface area contributed by atoms with Crippen molar-refractivity contribution in [1.29, 1.82) is 0 Å². The molecule has 0 aromatic carbocycles. The lowest BCUT2D eigenvalue weighted by Gasteiger charge is -2.14. The fourth-order valence-corrected chi connectivity index (χ4v) is 1.65. The molecule has 100 valence electrons. The van der Waals surface area contributed by atoms with Crippen LogP contribution in [0.1, 0.15) is 11.3 Å².